The lowest BCUT2D eigenvalue weighted by Crippen LogP contribution is -2.30. The van der Waals surface area contributed by atoms with E-state index in [9.17, 15) is 43.2 Å². The van der Waals surface area contributed by atoms with E-state index in [4.69, 9.17) is 37.0 Å². The van der Waals surface area contributed by atoms with Gasteiger partial charge in [0.15, 0.2) is 12.2 Å². The van der Waals surface area contributed by atoms with Crippen molar-refractivity contribution in [2.24, 2.45) is 23.7 Å². The molecule has 0 aliphatic carbocycles. The van der Waals surface area contributed by atoms with Crippen LogP contribution in [0.5, 0.6) is 0 Å². The molecule has 0 aromatic rings. The number of aliphatic hydroxyl groups is 1. The van der Waals surface area contributed by atoms with E-state index in [1.54, 1.807) is 0 Å². The van der Waals surface area contributed by atoms with Crippen molar-refractivity contribution in [2.45, 2.75) is 369 Å². The van der Waals surface area contributed by atoms with Crippen LogP contribution in [0.25, 0.3) is 0 Å². The molecule has 3 unspecified atom stereocenters. The largest absolute Gasteiger partial charge is 0.472 e. The van der Waals surface area contributed by atoms with Gasteiger partial charge >= 0.3 is 39.5 Å². The fourth-order valence-corrected chi connectivity index (χ4v) is 12.2. The Kier molecular flexibility index (Phi) is 59.4. The second-order valence-electron chi connectivity index (χ2n) is 27.5. The molecular weight excluding hydrogens is 1190 g/mol. The minimum atomic E-state index is -4.95. The monoisotopic (exact) mass is 1320 g/mol. The van der Waals surface area contributed by atoms with Gasteiger partial charge < -0.3 is 33.8 Å². The normalized spacial score (nSPS) is 14.3. The predicted octanol–water partition coefficient (Wildman–Crippen LogP) is 20.1. The Morgan fingerprint density at radius 1 is 0.278 bits per heavy atom. The van der Waals surface area contributed by atoms with Crippen LogP contribution in [0.3, 0.4) is 0 Å². The van der Waals surface area contributed by atoms with Crippen molar-refractivity contribution in [3.63, 3.8) is 0 Å². The summed E-state index contributed by atoms with van der Waals surface area (Å²) in [6.07, 6.45) is 43.0. The molecule has 0 saturated carbocycles. The number of hydrogen-bond acceptors (Lipinski definition) is 15. The van der Waals surface area contributed by atoms with Gasteiger partial charge in [-0.1, -0.05) is 299 Å². The van der Waals surface area contributed by atoms with E-state index in [2.05, 4.69) is 55.4 Å². The SMILES string of the molecule is CC(C)CCCCCCCCCCCCCC(=O)O[C@H](COC(=O)CCCCCCCCCCCCC(C)C)COP(=O)(O)OCC(O)COP(=O)(O)OC[C@@H](COC(=O)CCCCCCCCCCC(C)C)OC(=O)CCCCCCCCCCCC(C)C. The van der Waals surface area contributed by atoms with E-state index in [1.807, 2.05) is 0 Å². The van der Waals surface area contributed by atoms with Crippen molar-refractivity contribution in [3.05, 3.63) is 0 Å². The van der Waals surface area contributed by atoms with Gasteiger partial charge in [-0.25, -0.2) is 9.13 Å². The Hall–Kier alpha value is -1.94. The molecule has 534 valence electrons. The highest BCUT2D eigenvalue weighted by atomic mass is 31.2. The number of rotatable bonds is 68. The number of aliphatic hydroxyl groups excluding tert-OH is 1. The maximum absolute atomic E-state index is 13.0. The molecule has 0 aliphatic heterocycles. The van der Waals surface area contributed by atoms with Crippen LogP contribution in [0, 0.1) is 23.7 Å². The van der Waals surface area contributed by atoms with Crippen LogP contribution in [0.4, 0.5) is 0 Å². The summed E-state index contributed by atoms with van der Waals surface area (Å²) in [7, 11) is -9.90. The summed E-state index contributed by atoms with van der Waals surface area (Å²) in [5.41, 5.74) is 0. The summed E-state index contributed by atoms with van der Waals surface area (Å²) in [6, 6.07) is 0. The summed E-state index contributed by atoms with van der Waals surface area (Å²) in [5.74, 6) is 0.858. The van der Waals surface area contributed by atoms with Crippen molar-refractivity contribution in [3.8, 4) is 0 Å². The van der Waals surface area contributed by atoms with Crippen LogP contribution >= 0.6 is 15.6 Å². The number of carbonyl (C=O) groups excluding carboxylic acids is 4. The van der Waals surface area contributed by atoms with Gasteiger partial charge in [0, 0.05) is 25.7 Å². The first-order valence-electron chi connectivity index (χ1n) is 36.7. The Labute approximate surface area is 549 Å². The van der Waals surface area contributed by atoms with Gasteiger partial charge in [-0.3, -0.25) is 37.3 Å². The zero-order valence-electron chi connectivity index (χ0n) is 58.8. The molecule has 0 fully saturated rings. The summed E-state index contributed by atoms with van der Waals surface area (Å²) in [6.45, 7) is 14.1. The molecule has 5 atom stereocenters. The Balaban J connectivity index is 5.27. The number of phosphoric ester groups is 2. The van der Waals surface area contributed by atoms with E-state index in [0.29, 0.717) is 25.7 Å². The lowest BCUT2D eigenvalue weighted by Gasteiger charge is -2.21. The number of hydrogen-bond donors (Lipinski definition) is 3. The maximum atomic E-state index is 13.0. The van der Waals surface area contributed by atoms with Gasteiger partial charge in [0.25, 0.3) is 0 Å². The Bertz CT molecular complexity index is 1780. The van der Waals surface area contributed by atoms with Crippen molar-refractivity contribution in [1.82, 2.24) is 0 Å². The smallest absolute Gasteiger partial charge is 0.462 e. The zero-order valence-corrected chi connectivity index (χ0v) is 60.6. The van der Waals surface area contributed by atoms with Crippen LogP contribution in [0.15, 0.2) is 0 Å². The van der Waals surface area contributed by atoms with Crippen LogP contribution < -0.4 is 0 Å². The molecule has 17 nitrogen and oxygen atoms in total. The van der Waals surface area contributed by atoms with Crippen LogP contribution in [-0.4, -0.2) is 96.7 Å². The van der Waals surface area contributed by atoms with Crippen molar-refractivity contribution >= 4 is 39.5 Å². The standard InChI is InChI=1S/C71H138O17P2/c1-61(2)47-39-31-23-15-10-9-11-19-29-37-45-53-70(75)87-66(57-81-68(73)51-43-35-27-18-13-12-16-24-32-40-48-62(3)4)59-85-89(77,78)83-55-65(72)56-84-90(79,80)86-60-67(58-82-69(74)52-44-36-28-22-21-26-34-42-50-64(7)8)88-71(76)54-46-38-30-20-14-17-25-33-41-49-63(5)6/h61-67,72H,9-60H2,1-8H3,(H,77,78)(H,79,80)/t65?,66-,67-/m1/s1. The molecular formula is C71H138O17P2. The highest BCUT2D eigenvalue weighted by Gasteiger charge is 2.30. The molecule has 3 N–H and O–H groups in total. The van der Waals surface area contributed by atoms with Gasteiger partial charge in [0.05, 0.1) is 26.4 Å². The first kappa shape index (κ1) is 88.1. The van der Waals surface area contributed by atoms with E-state index in [0.717, 1.165) is 114 Å². The van der Waals surface area contributed by atoms with E-state index in [-0.39, 0.29) is 25.7 Å². The fraction of sp³-hybridized carbons (Fsp3) is 0.944. The van der Waals surface area contributed by atoms with E-state index < -0.39 is 97.5 Å². The van der Waals surface area contributed by atoms with Gasteiger partial charge in [-0.2, -0.15) is 0 Å². The van der Waals surface area contributed by atoms with Crippen molar-refractivity contribution in [1.29, 1.82) is 0 Å². The average Bonchev–Trinajstić information content (AvgIpc) is 2.77. The topological polar surface area (TPSA) is 237 Å². The molecule has 0 amide bonds. The van der Waals surface area contributed by atoms with Gasteiger partial charge in [-0.05, 0) is 49.4 Å². The third kappa shape index (κ3) is 64.8. The number of carbonyl (C=O) groups is 4. The Morgan fingerprint density at radius 2 is 0.467 bits per heavy atom. The average molecular weight is 1330 g/mol. The summed E-state index contributed by atoms with van der Waals surface area (Å²) >= 11 is 0. The minimum Gasteiger partial charge on any atom is -0.462 e. The van der Waals surface area contributed by atoms with Crippen molar-refractivity contribution < 1.29 is 80.2 Å². The highest BCUT2D eigenvalue weighted by Crippen LogP contribution is 2.45. The highest BCUT2D eigenvalue weighted by molar-refractivity contribution is 7.47. The van der Waals surface area contributed by atoms with Crippen LogP contribution in [0.2, 0.25) is 0 Å². The number of unbranched alkanes of at least 4 members (excludes halogenated alkanes) is 34. The van der Waals surface area contributed by atoms with E-state index in [1.165, 1.54) is 154 Å². The lowest BCUT2D eigenvalue weighted by atomic mass is 10.0. The van der Waals surface area contributed by atoms with Crippen molar-refractivity contribution in [2.75, 3.05) is 39.6 Å². The lowest BCUT2D eigenvalue weighted by molar-refractivity contribution is -0.161. The van der Waals surface area contributed by atoms with Gasteiger partial charge in [0.2, 0.25) is 0 Å². The molecule has 0 aromatic carbocycles. The van der Waals surface area contributed by atoms with Crippen LogP contribution in [-0.2, 0) is 65.4 Å². The number of esters is 4. The minimum absolute atomic E-state index is 0.104. The van der Waals surface area contributed by atoms with E-state index >= 15 is 0 Å². The molecule has 0 saturated heterocycles. The molecule has 0 rings (SSSR count). The summed E-state index contributed by atoms with van der Waals surface area (Å²) in [4.78, 5) is 72.6. The quantitative estimate of drug-likeness (QED) is 0.0222. The third-order valence-electron chi connectivity index (χ3n) is 16.3. The molecule has 19 heteroatoms. The first-order valence-corrected chi connectivity index (χ1v) is 39.7. The molecule has 0 bridgehead atoms. The maximum Gasteiger partial charge on any atom is 0.472 e. The molecule has 90 heavy (non-hydrogen) atoms. The second-order valence-corrected chi connectivity index (χ2v) is 30.4. The molecule has 0 radical (unpaired) electrons. The summed E-state index contributed by atoms with van der Waals surface area (Å²) < 4.78 is 68.3. The van der Waals surface area contributed by atoms with Gasteiger partial charge in [0.1, 0.15) is 19.3 Å². The number of phosphoric acid groups is 2. The third-order valence-corrected chi connectivity index (χ3v) is 18.2. The Morgan fingerprint density at radius 3 is 0.689 bits per heavy atom. The number of ether oxygens (including phenoxy) is 4. The zero-order chi connectivity index (χ0) is 66.8. The van der Waals surface area contributed by atoms with Gasteiger partial charge in [-0.15, -0.1) is 0 Å². The summed E-state index contributed by atoms with van der Waals surface area (Å²) in [5, 5.41) is 10.6. The second kappa shape index (κ2) is 60.7. The molecule has 0 aromatic heterocycles. The molecule has 0 aliphatic rings. The van der Waals surface area contributed by atoms with Crippen LogP contribution in [0.1, 0.15) is 351 Å². The molecule has 0 spiro atoms. The first-order chi connectivity index (χ1) is 43.1. The molecule has 0 heterocycles. The fourth-order valence-electron chi connectivity index (χ4n) is 10.7. The predicted molar refractivity (Wildman–Crippen MR) is 363 cm³/mol.